The van der Waals surface area contributed by atoms with E-state index in [0.29, 0.717) is 10.7 Å². The molecule has 6 N–H and O–H groups in total. The Bertz CT molecular complexity index is 706. The number of rotatable bonds is 4. The van der Waals surface area contributed by atoms with Crippen LogP contribution in [0.25, 0.3) is 0 Å². The summed E-state index contributed by atoms with van der Waals surface area (Å²) in [6.07, 6.45) is 0. The van der Waals surface area contributed by atoms with Crippen LogP contribution in [0.1, 0.15) is 5.56 Å². The topological polar surface area (TPSA) is 90.4 Å². The average molecular weight is 377 g/mol. The Morgan fingerprint density at radius 2 is 1.68 bits per heavy atom. The van der Waals surface area contributed by atoms with E-state index >= 15 is 0 Å². The van der Waals surface area contributed by atoms with Gasteiger partial charge in [-0.2, -0.15) is 5.10 Å². The fraction of sp³-hybridized carbons (Fsp3) is 0. The quantitative estimate of drug-likeness (QED) is 0.276. The molecule has 0 fully saturated rings. The summed E-state index contributed by atoms with van der Waals surface area (Å²) in [5, 5.41) is 9.86. The lowest BCUT2D eigenvalue weighted by Crippen LogP contribution is -2.73. The monoisotopic (exact) mass is 376 g/mol. The zero-order valence-corrected chi connectivity index (χ0v) is 14.0. The van der Waals surface area contributed by atoms with Gasteiger partial charge in [-0.25, -0.2) is 0 Å². The van der Waals surface area contributed by atoms with Crippen LogP contribution < -0.4 is 21.9 Å². The lowest BCUT2D eigenvalue weighted by atomic mass is 10.1. The number of guanidine groups is 1. The van der Waals surface area contributed by atoms with E-state index in [0.717, 1.165) is 15.7 Å². The number of nitrogens with zero attached hydrogens (tertiary/aromatic N) is 1. The van der Waals surface area contributed by atoms with Crippen molar-refractivity contribution in [1.82, 2.24) is 0 Å². The van der Waals surface area contributed by atoms with Gasteiger partial charge in [0.05, 0.1) is 0 Å². The molecule has 2 aromatic rings. The number of hydrogen-bond donors (Lipinski definition) is 4. The molecule has 0 saturated carbocycles. The molecular weight excluding hydrogens is 362 g/mol. The summed E-state index contributed by atoms with van der Waals surface area (Å²) in [6, 6.07) is 17.2. The minimum absolute atomic E-state index is 0.000118. The summed E-state index contributed by atoms with van der Waals surface area (Å²) < 4.78 is 0.994. The third-order valence-electron chi connectivity index (χ3n) is 2.66. The van der Waals surface area contributed by atoms with Gasteiger partial charge >= 0.3 is 5.96 Å². The van der Waals surface area contributed by atoms with Crippen LogP contribution in [0.4, 0.5) is 5.69 Å². The van der Waals surface area contributed by atoms with Crippen LogP contribution in [0.3, 0.4) is 0 Å². The van der Waals surface area contributed by atoms with E-state index in [9.17, 15) is 0 Å². The van der Waals surface area contributed by atoms with E-state index in [1.807, 2.05) is 54.6 Å². The molecule has 0 aliphatic heterocycles. The van der Waals surface area contributed by atoms with Gasteiger partial charge < -0.3 is 5.32 Å². The van der Waals surface area contributed by atoms with E-state index < -0.39 is 0 Å². The normalized spacial score (nSPS) is 10.9. The Morgan fingerprint density at radius 1 is 1.05 bits per heavy atom. The first-order chi connectivity index (χ1) is 10.6. The fourth-order valence-corrected chi connectivity index (χ4v) is 2.23. The van der Waals surface area contributed by atoms with Crippen LogP contribution >= 0.6 is 28.1 Å². The standard InChI is InChI=1S/C15H14BrN5S/c16-11-6-8-12(9-7-11)19-14(22)13(20-21-15(17)18)10-4-2-1-3-5-10/h1-9H,(H,19,22)(H4,17,18,21)/p+1/b20-13+. The largest absolute Gasteiger partial charge is 0.362 e. The lowest BCUT2D eigenvalue weighted by Gasteiger charge is -2.10. The highest BCUT2D eigenvalue weighted by atomic mass is 79.9. The van der Waals surface area contributed by atoms with Crippen molar-refractivity contribution in [3.05, 3.63) is 64.6 Å². The van der Waals surface area contributed by atoms with Gasteiger partial charge in [0.25, 0.3) is 0 Å². The van der Waals surface area contributed by atoms with Crippen molar-refractivity contribution >= 4 is 50.5 Å². The predicted molar refractivity (Wildman–Crippen MR) is 97.7 cm³/mol. The lowest BCUT2D eigenvalue weighted by molar-refractivity contribution is -0.463. The summed E-state index contributed by atoms with van der Waals surface area (Å²) >= 11 is 8.83. The minimum Gasteiger partial charge on any atom is -0.345 e. The molecule has 2 aromatic carbocycles. The smallest absolute Gasteiger partial charge is 0.345 e. The molecule has 0 aromatic heterocycles. The van der Waals surface area contributed by atoms with Crippen LogP contribution in [0.15, 0.2) is 64.2 Å². The number of hydrazone groups is 1. The Hall–Kier alpha value is -2.25. The van der Waals surface area contributed by atoms with Gasteiger partial charge in [-0.1, -0.05) is 58.5 Å². The average Bonchev–Trinajstić information content (AvgIpc) is 2.50. The molecule has 7 heteroatoms. The van der Waals surface area contributed by atoms with Gasteiger partial charge in [-0.3, -0.25) is 11.5 Å². The molecule has 0 radical (unpaired) electrons. The van der Waals surface area contributed by atoms with Crippen molar-refractivity contribution in [1.29, 1.82) is 0 Å². The molecular formula is C15H15BrN5S+. The van der Waals surface area contributed by atoms with Crippen molar-refractivity contribution in [3.8, 4) is 0 Å². The number of hydrogen-bond acceptors (Lipinski definition) is 2. The third kappa shape index (κ3) is 4.64. The summed E-state index contributed by atoms with van der Waals surface area (Å²) in [7, 11) is 0. The molecule has 0 unspecified atom stereocenters. The van der Waals surface area contributed by atoms with Crippen LogP contribution in [0, 0.1) is 0 Å². The van der Waals surface area contributed by atoms with Crippen LogP contribution in [0.2, 0.25) is 0 Å². The molecule has 5 nitrogen and oxygen atoms in total. The van der Waals surface area contributed by atoms with Crippen LogP contribution in [0.5, 0.6) is 0 Å². The zero-order chi connectivity index (χ0) is 15.9. The van der Waals surface area contributed by atoms with Gasteiger partial charge in [-0.15, -0.1) is 5.10 Å². The van der Waals surface area contributed by atoms with Crippen molar-refractivity contribution in [3.63, 3.8) is 0 Å². The third-order valence-corrected chi connectivity index (χ3v) is 3.49. The highest BCUT2D eigenvalue weighted by Crippen LogP contribution is 2.15. The molecule has 22 heavy (non-hydrogen) atoms. The van der Waals surface area contributed by atoms with Crippen molar-refractivity contribution < 1.29 is 5.10 Å². The van der Waals surface area contributed by atoms with E-state index in [1.165, 1.54) is 0 Å². The van der Waals surface area contributed by atoms with Gasteiger partial charge in [0.15, 0.2) is 0 Å². The van der Waals surface area contributed by atoms with Crippen molar-refractivity contribution in [2.75, 3.05) is 5.32 Å². The maximum Gasteiger partial charge on any atom is 0.362 e. The van der Waals surface area contributed by atoms with Gasteiger partial charge in [0.2, 0.25) is 0 Å². The highest BCUT2D eigenvalue weighted by molar-refractivity contribution is 9.10. The van der Waals surface area contributed by atoms with Gasteiger partial charge in [0, 0.05) is 15.7 Å². The molecule has 0 aliphatic rings. The van der Waals surface area contributed by atoms with Crippen LogP contribution in [-0.2, 0) is 0 Å². The van der Waals surface area contributed by atoms with E-state index in [2.05, 4.69) is 31.4 Å². The molecule has 0 spiro atoms. The molecule has 0 heterocycles. The summed E-state index contributed by atoms with van der Waals surface area (Å²) in [4.78, 5) is 0.460. The Morgan fingerprint density at radius 3 is 2.27 bits per heavy atom. The summed E-state index contributed by atoms with van der Waals surface area (Å²) in [5.41, 5.74) is 13.1. The molecule has 0 amide bonds. The number of thiocarbonyl (C=S) groups is 1. The second-order valence-electron chi connectivity index (χ2n) is 4.35. The van der Waals surface area contributed by atoms with E-state index in [-0.39, 0.29) is 5.96 Å². The maximum absolute atomic E-state index is 5.44. The Labute approximate surface area is 142 Å². The Kier molecular flexibility index (Phi) is 5.62. The van der Waals surface area contributed by atoms with Crippen molar-refractivity contribution in [2.24, 2.45) is 16.6 Å². The number of halogens is 1. The fourth-order valence-electron chi connectivity index (χ4n) is 1.69. The maximum atomic E-state index is 5.44. The predicted octanol–water partition coefficient (Wildman–Crippen LogP) is 0.947. The first-order valence-electron chi connectivity index (χ1n) is 6.40. The molecule has 0 saturated heterocycles. The molecule has 0 bridgehead atoms. The van der Waals surface area contributed by atoms with Crippen molar-refractivity contribution in [2.45, 2.75) is 0 Å². The number of benzene rings is 2. The van der Waals surface area contributed by atoms with E-state index in [1.54, 1.807) is 0 Å². The second kappa shape index (κ2) is 7.67. The molecule has 0 aliphatic carbocycles. The van der Waals surface area contributed by atoms with Gasteiger partial charge in [0.1, 0.15) is 10.7 Å². The number of anilines is 1. The van der Waals surface area contributed by atoms with Crippen LogP contribution in [-0.4, -0.2) is 16.7 Å². The molecule has 0 atom stereocenters. The highest BCUT2D eigenvalue weighted by Gasteiger charge is 2.11. The Balaban J connectivity index is 2.29. The summed E-state index contributed by atoms with van der Waals surface area (Å²) in [5.74, 6) is -0.000118. The molecule has 112 valence electrons. The summed E-state index contributed by atoms with van der Waals surface area (Å²) in [6.45, 7) is 0. The van der Waals surface area contributed by atoms with E-state index in [4.69, 9.17) is 23.7 Å². The number of nitrogens with one attached hydrogen (secondary N) is 2. The molecule has 2 rings (SSSR count). The zero-order valence-electron chi connectivity index (χ0n) is 11.6. The second-order valence-corrected chi connectivity index (χ2v) is 5.68. The SMILES string of the molecule is NC(N)=[NH+]/N=C(/C(=S)Nc1ccc(Br)cc1)c1ccccc1. The first kappa shape index (κ1) is 16.1. The number of nitrogens with two attached hydrogens (primary N) is 2. The van der Waals surface area contributed by atoms with Gasteiger partial charge in [-0.05, 0) is 24.3 Å². The first-order valence-corrected chi connectivity index (χ1v) is 7.60. The minimum atomic E-state index is -0.000118.